The Bertz CT molecular complexity index is 2110. The molecule has 1 aromatic heterocycles. The van der Waals surface area contributed by atoms with Crippen LogP contribution >= 0.6 is 11.3 Å². The van der Waals surface area contributed by atoms with Gasteiger partial charge in [0.15, 0.2) is 0 Å². The van der Waals surface area contributed by atoms with Crippen LogP contribution < -0.4 is 0 Å². The van der Waals surface area contributed by atoms with E-state index in [9.17, 15) is 0 Å². The average Bonchev–Trinajstić information content (AvgIpc) is 3.39. The highest BCUT2D eigenvalue weighted by Crippen LogP contribution is 2.44. The molecule has 0 spiro atoms. The van der Waals surface area contributed by atoms with E-state index in [0.717, 1.165) is 0 Å². The van der Waals surface area contributed by atoms with Gasteiger partial charge in [0.05, 0.1) is 0 Å². The van der Waals surface area contributed by atoms with Crippen molar-refractivity contribution >= 4 is 64.5 Å². The lowest BCUT2D eigenvalue weighted by molar-refractivity contribution is 1.70. The van der Waals surface area contributed by atoms with Crippen LogP contribution in [0.2, 0.25) is 0 Å². The maximum absolute atomic E-state index is 2.44. The summed E-state index contributed by atoms with van der Waals surface area (Å²) in [5.41, 5.74) is 3.88. The second-order valence-corrected chi connectivity index (χ2v) is 10.8. The van der Waals surface area contributed by atoms with Crippen LogP contribution in [0.3, 0.4) is 0 Å². The first-order valence-electron chi connectivity index (χ1n) is 12.7. The van der Waals surface area contributed by atoms with Gasteiger partial charge in [-0.25, -0.2) is 0 Å². The molecular weight excluding hydrogens is 464 g/mol. The molecular formula is C36H22S. The van der Waals surface area contributed by atoms with Crippen molar-refractivity contribution in [3.8, 4) is 21.6 Å². The summed E-state index contributed by atoms with van der Waals surface area (Å²) in [6.45, 7) is 0. The van der Waals surface area contributed by atoms with Crippen molar-refractivity contribution in [2.75, 3.05) is 0 Å². The molecule has 0 nitrogen and oxygen atoms in total. The van der Waals surface area contributed by atoms with E-state index in [4.69, 9.17) is 0 Å². The van der Waals surface area contributed by atoms with Crippen molar-refractivity contribution in [3.05, 3.63) is 133 Å². The van der Waals surface area contributed by atoms with Crippen molar-refractivity contribution in [2.45, 2.75) is 0 Å². The van der Waals surface area contributed by atoms with Gasteiger partial charge >= 0.3 is 0 Å². The Morgan fingerprint density at radius 3 is 1.76 bits per heavy atom. The molecule has 0 aliphatic rings. The van der Waals surface area contributed by atoms with Gasteiger partial charge in [-0.2, -0.15) is 0 Å². The van der Waals surface area contributed by atoms with E-state index < -0.39 is 0 Å². The molecule has 8 aromatic rings. The summed E-state index contributed by atoms with van der Waals surface area (Å²) < 4.78 is 1.33. The lowest BCUT2D eigenvalue weighted by Gasteiger charge is -2.16. The van der Waals surface area contributed by atoms with Crippen LogP contribution in [0.5, 0.6) is 0 Å². The first kappa shape index (κ1) is 20.7. The maximum atomic E-state index is 2.44. The number of fused-ring (bicyclic) bond motifs is 6. The van der Waals surface area contributed by atoms with Crippen LogP contribution in [-0.2, 0) is 0 Å². The Labute approximate surface area is 219 Å². The van der Waals surface area contributed by atoms with Gasteiger partial charge < -0.3 is 0 Å². The Hall–Kier alpha value is -4.46. The summed E-state index contributed by atoms with van der Waals surface area (Å²) in [6.07, 6.45) is 0. The molecule has 37 heavy (non-hydrogen) atoms. The van der Waals surface area contributed by atoms with E-state index in [1.54, 1.807) is 0 Å². The fourth-order valence-electron chi connectivity index (χ4n) is 5.88. The first-order chi connectivity index (χ1) is 18.3. The lowest BCUT2D eigenvalue weighted by Crippen LogP contribution is -1.89. The van der Waals surface area contributed by atoms with Crippen LogP contribution in [0.25, 0.3) is 74.7 Å². The third-order valence-corrected chi connectivity index (χ3v) is 8.78. The van der Waals surface area contributed by atoms with Gasteiger partial charge in [0.2, 0.25) is 0 Å². The second kappa shape index (κ2) is 8.03. The predicted molar refractivity (Wildman–Crippen MR) is 163 cm³/mol. The molecule has 0 unspecified atom stereocenters. The minimum absolute atomic E-state index is 1.27. The number of hydrogen-bond acceptors (Lipinski definition) is 1. The summed E-state index contributed by atoms with van der Waals surface area (Å²) >= 11 is 1.88. The zero-order chi connectivity index (χ0) is 24.3. The Morgan fingerprint density at radius 2 is 0.919 bits per heavy atom. The fraction of sp³-hybridized carbons (Fsp3) is 0. The molecule has 0 fully saturated rings. The monoisotopic (exact) mass is 486 g/mol. The van der Waals surface area contributed by atoms with Crippen molar-refractivity contribution in [1.29, 1.82) is 0 Å². The second-order valence-electron chi connectivity index (χ2n) is 9.74. The zero-order valence-electron chi connectivity index (χ0n) is 20.1. The molecule has 1 heterocycles. The summed E-state index contributed by atoms with van der Waals surface area (Å²) in [5, 5.41) is 11.6. The molecule has 0 saturated heterocycles. The van der Waals surface area contributed by atoms with Gasteiger partial charge in [0.1, 0.15) is 0 Å². The van der Waals surface area contributed by atoms with E-state index in [-0.39, 0.29) is 0 Å². The molecule has 1 heteroatoms. The molecule has 0 aliphatic carbocycles. The largest absolute Gasteiger partial charge is 0.135 e. The van der Waals surface area contributed by atoms with E-state index in [0.29, 0.717) is 0 Å². The average molecular weight is 487 g/mol. The summed E-state index contributed by atoms with van der Waals surface area (Å²) in [6, 6.07) is 49.1. The number of hydrogen-bond donors (Lipinski definition) is 0. The van der Waals surface area contributed by atoms with E-state index >= 15 is 0 Å². The molecule has 7 aromatic carbocycles. The molecule has 0 aliphatic heterocycles. The molecule has 0 atom stereocenters. The molecule has 8 rings (SSSR count). The number of rotatable bonds is 2. The standard InChI is InChI=1S/C36H22S/c1-2-11-25-20-32-31(19-24(25)10-1)29-16-8-17-30(36-21-26-12-4-6-18-35(26)37-36)33(29)22-34(32)28-15-7-13-23-9-3-5-14-27(23)28/h1-22H. The SMILES string of the molecule is c1ccc2cc3c(cc2c1)c(-c1cccc2ccccc12)cc1c(-c2cc4ccccc4s2)cccc13. The maximum Gasteiger partial charge on any atom is 0.0361 e. The van der Waals surface area contributed by atoms with Crippen LogP contribution in [0.15, 0.2) is 133 Å². The van der Waals surface area contributed by atoms with Crippen molar-refractivity contribution < 1.29 is 0 Å². The molecule has 0 saturated carbocycles. The topological polar surface area (TPSA) is 0 Å². The highest BCUT2D eigenvalue weighted by molar-refractivity contribution is 7.22. The van der Waals surface area contributed by atoms with Crippen molar-refractivity contribution in [2.24, 2.45) is 0 Å². The highest BCUT2D eigenvalue weighted by Gasteiger charge is 2.16. The molecule has 0 amide bonds. The number of benzene rings is 7. The van der Waals surface area contributed by atoms with E-state index in [1.165, 1.54) is 74.7 Å². The zero-order valence-corrected chi connectivity index (χ0v) is 20.9. The molecule has 0 bridgehead atoms. The predicted octanol–water partition coefficient (Wildman–Crippen LogP) is 10.8. The van der Waals surface area contributed by atoms with Crippen LogP contribution in [0.4, 0.5) is 0 Å². The number of thiophene rings is 1. The van der Waals surface area contributed by atoms with Crippen molar-refractivity contribution in [1.82, 2.24) is 0 Å². The minimum Gasteiger partial charge on any atom is -0.135 e. The summed E-state index contributed by atoms with van der Waals surface area (Å²) in [4.78, 5) is 1.32. The van der Waals surface area contributed by atoms with Gasteiger partial charge in [-0.1, -0.05) is 103 Å². The Balaban J connectivity index is 1.54. The van der Waals surface area contributed by atoms with Crippen LogP contribution in [-0.4, -0.2) is 0 Å². The quantitative estimate of drug-likeness (QED) is 0.168. The normalized spacial score (nSPS) is 11.8. The fourth-order valence-corrected chi connectivity index (χ4v) is 6.98. The highest BCUT2D eigenvalue weighted by atomic mass is 32.1. The van der Waals surface area contributed by atoms with E-state index in [1.807, 2.05) is 11.3 Å². The van der Waals surface area contributed by atoms with Crippen LogP contribution in [0.1, 0.15) is 0 Å². The van der Waals surface area contributed by atoms with E-state index in [2.05, 4.69) is 133 Å². The van der Waals surface area contributed by atoms with Crippen LogP contribution in [0, 0.1) is 0 Å². The first-order valence-corrected chi connectivity index (χ1v) is 13.5. The lowest BCUT2D eigenvalue weighted by atomic mass is 9.88. The van der Waals surface area contributed by atoms with Crippen molar-refractivity contribution in [3.63, 3.8) is 0 Å². The van der Waals surface area contributed by atoms with Gasteiger partial charge in [-0.3, -0.25) is 0 Å². The smallest absolute Gasteiger partial charge is 0.0361 e. The Morgan fingerprint density at radius 1 is 0.324 bits per heavy atom. The van der Waals surface area contributed by atoms with Gasteiger partial charge in [0, 0.05) is 9.58 Å². The van der Waals surface area contributed by atoms with Gasteiger partial charge in [-0.15, -0.1) is 11.3 Å². The van der Waals surface area contributed by atoms with Gasteiger partial charge in [-0.05, 0) is 95.5 Å². The summed E-state index contributed by atoms with van der Waals surface area (Å²) in [5.74, 6) is 0. The molecule has 0 radical (unpaired) electrons. The Kier molecular flexibility index (Phi) is 4.49. The molecule has 172 valence electrons. The minimum atomic E-state index is 1.27. The van der Waals surface area contributed by atoms with Gasteiger partial charge in [0.25, 0.3) is 0 Å². The third-order valence-electron chi connectivity index (χ3n) is 7.63. The third kappa shape index (κ3) is 3.21. The molecule has 0 N–H and O–H groups in total. The summed E-state index contributed by atoms with van der Waals surface area (Å²) in [7, 11) is 0.